The van der Waals surface area contributed by atoms with Crippen LogP contribution in [-0.2, 0) is 9.47 Å². The van der Waals surface area contributed by atoms with Gasteiger partial charge in [0.15, 0.2) is 0 Å². The highest BCUT2D eigenvalue weighted by Gasteiger charge is 2.29. The van der Waals surface area contributed by atoms with E-state index in [0.717, 1.165) is 11.4 Å². The van der Waals surface area contributed by atoms with E-state index in [-0.39, 0.29) is 0 Å². The molecule has 0 saturated heterocycles. The topological polar surface area (TPSA) is 31.4 Å². The van der Waals surface area contributed by atoms with Crippen LogP contribution in [0.3, 0.4) is 0 Å². The molecule has 0 aromatic carbocycles. The highest BCUT2D eigenvalue weighted by atomic mass is 32.2. The van der Waals surface area contributed by atoms with Gasteiger partial charge in [0.2, 0.25) is 0 Å². The molecule has 17 heavy (non-hydrogen) atoms. The third-order valence-corrected chi connectivity index (χ3v) is 4.20. The molecule has 1 heterocycles. The van der Waals surface area contributed by atoms with Gasteiger partial charge >= 0.3 is 0 Å². The molecule has 2 rings (SSSR count). The average molecular weight is 253 g/mol. The molecule has 94 valence electrons. The minimum atomic E-state index is 0.313. The van der Waals surface area contributed by atoms with E-state index in [2.05, 4.69) is 11.1 Å². The Labute approximate surface area is 107 Å². The molecule has 2 atom stereocenters. The Balaban J connectivity index is 1.82. The Kier molecular flexibility index (Phi) is 5.29. The van der Waals surface area contributed by atoms with Gasteiger partial charge in [0.1, 0.15) is 6.79 Å². The second-order valence-electron chi connectivity index (χ2n) is 4.07. The predicted octanol–water partition coefficient (Wildman–Crippen LogP) is 3.11. The van der Waals surface area contributed by atoms with E-state index in [1.165, 1.54) is 12.8 Å². The summed E-state index contributed by atoms with van der Waals surface area (Å²) < 4.78 is 11.0. The van der Waals surface area contributed by atoms with Crippen LogP contribution in [0.5, 0.6) is 0 Å². The van der Waals surface area contributed by atoms with Gasteiger partial charge in [-0.15, -0.1) is 11.8 Å². The molecule has 3 nitrogen and oxygen atoms in total. The van der Waals surface area contributed by atoms with Gasteiger partial charge in [-0.3, -0.25) is 0 Å². The van der Waals surface area contributed by atoms with Crippen molar-refractivity contribution in [3.05, 3.63) is 24.4 Å². The van der Waals surface area contributed by atoms with E-state index < -0.39 is 0 Å². The monoisotopic (exact) mass is 253 g/mol. The fraction of sp³-hybridized carbons (Fsp3) is 0.615. The molecule has 0 radical (unpaired) electrons. The van der Waals surface area contributed by atoms with Crippen molar-refractivity contribution in [2.75, 3.05) is 13.4 Å². The first-order chi connectivity index (χ1) is 8.40. The van der Waals surface area contributed by atoms with Gasteiger partial charge in [-0.1, -0.05) is 6.07 Å². The maximum atomic E-state index is 5.76. The second-order valence-corrected chi connectivity index (χ2v) is 5.33. The third-order valence-electron chi connectivity index (χ3n) is 2.87. The minimum absolute atomic E-state index is 0.313. The predicted molar refractivity (Wildman–Crippen MR) is 69.1 cm³/mol. The zero-order chi connectivity index (χ0) is 11.9. The molecule has 1 saturated carbocycles. The number of hydrogen-bond acceptors (Lipinski definition) is 4. The summed E-state index contributed by atoms with van der Waals surface area (Å²) in [6.45, 7) is 3.11. The largest absolute Gasteiger partial charge is 0.356 e. The van der Waals surface area contributed by atoms with Crippen molar-refractivity contribution in [1.29, 1.82) is 0 Å². The Morgan fingerprint density at radius 2 is 2.35 bits per heavy atom. The summed E-state index contributed by atoms with van der Waals surface area (Å²) in [5.74, 6) is 0. The summed E-state index contributed by atoms with van der Waals surface area (Å²) >= 11 is 1.83. The molecule has 0 aliphatic heterocycles. The molecular weight excluding hydrogens is 234 g/mol. The smallest absolute Gasteiger partial charge is 0.147 e. The van der Waals surface area contributed by atoms with Crippen molar-refractivity contribution in [2.45, 2.75) is 42.6 Å². The fourth-order valence-corrected chi connectivity index (χ4v) is 3.25. The van der Waals surface area contributed by atoms with Crippen LogP contribution in [0.15, 0.2) is 29.4 Å². The van der Waals surface area contributed by atoms with Crippen LogP contribution in [0.4, 0.5) is 0 Å². The first kappa shape index (κ1) is 12.9. The van der Waals surface area contributed by atoms with Crippen molar-refractivity contribution in [3.8, 4) is 0 Å². The maximum absolute atomic E-state index is 5.76. The van der Waals surface area contributed by atoms with Crippen LogP contribution in [0.25, 0.3) is 0 Å². The molecular formula is C13H19NO2S. The number of hydrogen-bond donors (Lipinski definition) is 0. The average Bonchev–Trinajstić information content (AvgIpc) is 2.79. The van der Waals surface area contributed by atoms with E-state index in [1.54, 1.807) is 0 Å². The Morgan fingerprint density at radius 1 is 1.41 bits per heavy atom. The van der Waals surface area contributed by atoms with E-state index in [4.69, 9.17) is 9.47 Å². The summed E-state index contributed by atoms with van der Waals surface area (Å²) in [5, 5.41) is 1.61. The summed E-state index contributed by atoms with van der Waals surface area (Å²) in [6.07, 6.45) is 5.73. The first-order valence-corrected chi connectivity index (χ1v) is 7.05. The van der Waals surface area contributed by atoms with E-state index in [0.29, 0.717) is 24.8 Å². The normalized spacial score (nSPS) is 24.1. The molecule has 0 bridgehead atoms. The molecule has 1 aromatic rings. The number of nitrogens with zero attached hydrogens (tertiary/aromatic N) is 1. The standard InChI is InChI=1S/C13H19NO2S/c1-2-15-10-16-11-6-5-7-12(11)17-13-8-3-4-9-14-13/h3-4,8-9,11-12H,2,5-7,10H2,1H3. The van der Waals surface area contributed by atoms with Crippen molar-refractivity contribution in [3.63, 3.8) is 0 Å². The highest BCUT2D eigenvalue weighted by Crippen LogP contribution is 2.35. The molecule has 1 fully saturated rings. The number of pyridine rings is 1. The van der Waals surface area contributed by atoms with Gasteiger partial charge in [-0.05, 0) is 38.3 Å². The highest BCUT2D eigenvalue weighted by molar-refractivity contribution is 7.99. The van der Waals surface area contributed by atoms with Gasteiger partial charge < -0.3 is 9.47 Å². The minimum Gasteiger partial charge on any atom is -0.356 e. The third kappa shape index (κ3) is 3.98. The summed E-state index contributed by atoms with van der Waals surface area (Å²) in [4.78, 5) is 4.35. The van der Waals surface area contributed by atoms with E-state index in [9.17, 15) is 0 Å². The summed E-state index contributed by atoms with van der Waals surface area (Å²) in [6, 6.07) is 6.03. The van der Waals surface area contributed by atoms with Gasteiger partial charge in [0.05, 0.1) is 11.1 Å². The van der Waals surface area contributed by atoms with Gasteiger partial charge in [0.25, 0.3) is 0 Å². The molecule has 1 aliphatic rings. The molecule has 0 amide bonds. The van der Waals surface area contributed by atoms with Crippen LogP contribution in [0, 0.1) is 0 Å². The van der Waals surface area contributed by atoms with Crippen LogP contribution in [-0.4, -0.2) is 29.7 Å². The number of thioether (sulfide) groups is 1. The lowest BCUT2D eigenvalue weighted by atomic mass is 10.3. The van der Waals surface area contributed by atoms with Crippen molar-refractivity contribution < 1.29 is 9.47 Å². The SMILES string of the molecule is CCOCOC1CCCC1Sc1ccccn1. The van der Waals surface area contributed by atoms with Crippen LogP contribution < -0.4 is 0 Å². The lowest BCUT2D eigenvalue weighted by molar-refractivity contribution is -0.0818. The van der Waals surface area contributed by atoms with Crippen LogP contribution in [0.1, 0.15) is 26.2 Å². The zero-order valence-corrected chi connectivity index (χ0v) is 11.0. The zero-order valence-electron chi connectivity index (χ0n) is 10.2. The van der Waals surface area contributed by atoms with Crippen molar-refractivity contribution >= 4 is 11.8 Å². The van der Waals surface area contributed by atoms with Gasteiger partial charge in [-0.2, -0.15) is 0 Å². The van der Waals surface area contributed by atoms with Gasteiger partial charge in [-0.25, -0.2) is 4.98 Å². The number of rotatable bonds is 6. The number of ether oxygens (including phenoxy) is 2. The second kappa shape index (κ2) is 6.99. The fourth-order valence-electron chi connectivity index (χ4n) is 2.01. The lowest BCUT2D eigenvalue weighted by Crippen LogP contribution is -2.21. The van der Waals surface area contributed by atoms with Crippen LogP contribution in [0.2, 0.25) is 0 Å². The Bertz CT molecular complexity index is 320. The molecule has 2 unspecified atom stereocenters. The quantitative estimate of drug-likeness (QED) is 0.576. The van der Waals surface area contributed by atoms with Crippen LogP contribution >= 0.6 is 11.8 Å². The Morgan fingerprint density at radius 3 is 3.12 bits per heavy atom. The first-order valence-electron chi connectivity index (χ1n) is 6.17. The summed E-state index contributed by atoms with van der Waals surface area (Å²) in [5.41, 5.74) is 0. The van der Waals surface area contributed by atoms with E-state index >= 15 is 0 Å². The summed E-state index contributed by atoms with van der Waals surface area (Å²) in [7, 11) is 0. The number of aromatic nitrogens is 1. The molecule has 0 spiro atoms. The molecule has 1 aromatic heterocycles. The van der Waals surface area contributed by atoms with Crippen molar-refractivity contribution in [1.82, 2.24) is 4.98 Å². The Hall–Kier alpha value is -0.580. The molecule has 4 heteroatoms. The molecule has 0 N–H and O–H groups in total. The van der Waals surface area contributed by atoms with E-state index in [1.807, 2.05) is 37.0 Å². The maximum Gasteiger partial charge on any atom is 0.147 e. The lowest BCUT2D eigenvalue weighted by Gasteiger charge is -2.19. The van der Waals surface area contributed by atoms with Gasteiger partial charge in [0, 0.05) is 18.1 Å². The molecule has 1 aliphatic carbocycles. The van der Waals surface area contributed by atoms with Crippen molar-refractivity contribution in [2.24, 2.45) is 0 Å².